The van der Waals surface area contributed by atoms with Gasteiger partial charge in [-0.2, -0.15) is 10.2 Å². The van der Waals surface area contributed by atoms with E-state index in [1.807, 2.05) is 90.1 Å². The van der Waals surface area contributed by atoms with Crippen LogP contribution in [0, 0.1) is 0 Å². The van der Waals surface area contributed by atoms with E-state index >= 15 is 0 Å². The van der Waals surface area contributed by atoms with E-state index in [9.17, 15) is 4.79 Å². The molecule has 0 aromatic heterocycles. The molecule has 2 atom stereocenters. The summed E-state index contributed by atoms with van der Waals surface area (Å²) in [5.74, 6) is 0. The molecule has 0 unspecified atom stereocenters. The van der Waals surface area contributed by atoms with Crippen LogP contribution in [-0.2, 0) is 4.74 Å². The molecule has 2 rings (SSSR count). The maximum Gasteiger partial charge on any atom is 0.408 e. The molecule has 1 N–H and O–H groups in total. The van der Waals surface area contributed by atoms with Crippen molar-refractivity contribution >= 4 is 38.0 Å². The third kappa shape index (κ3) is 8.19. The van der Waals surface area contributed by atoms with Gasteiger partial charge in [-0.25, -0.2) is 4.79 Å². The van der Waals surface area contributed by atoms with Gasteiger partial charge in [0.15, 0.2) is 0 Å². The molecule has 5 nitrogen and oxygen atoms in total. The molecule has 0 radical (unpaired) electrons. The fourth-order valence-corrected chi connectivity index (χ4v) is 4.08. The highest BCUT2D eigenvalue weighted by molar-refractivity contribution is 9.11. The first-order valence-corrected chi connectivity index (χ1v) is 11.4. The van der Waals surface area contributed by atoms with Gasteiger partial charge in [-0.3, -0.25) is 0 Å². The van der Waals surface area contributed by atoms with E-state index < -0.39 is 23.8 Å². The lowest BCUT2D eigenvalue weighted by Crippen LogP contribution is -2.37. The summed E-state index contributed by atoms with van der Waals surface area (Å²) >= 11 is 7.11. The van der Waals surface area contributed by atoms with Crippen molar-refractivity contribution in [3.8, 4) is 0 Å². The van der Waals surface area contributed by atoms with E-state index in [1.165, 1.54) is 0 Å². The summed E-state index contributed by atoms with van der Waals surface area (Å²) in [6.07, 6.45) is -0.499. The van der Waals surface area contributed by atoms with Crippen molar-refractivity contribution in [3.05, 3.63) is 68.6 Å². The van der Waals surface area contributed by atoms with Gasteiger partial charge < -0.3 is 10.1 Å². The molecule has 0 heterocycles. The summed E-state index contributed by atoms with van der Waals surface area (Å²) in [7, 11) is 0. The SMILES string of the molecule is CC(C)(C)N=N[C@@H](c1cc(Br)cc(Br)c1)[C@H](NC(=O)OC(C)(C)C)c1ccccc1. The van der Waals surface area contributed by atoms with Crippen molar-refractivity contribution in [2.45, 2.75) is 64.8 Å². The summed E-state index contributed by atoms with van der Waals surface area (Å²) in [5.41, 5.74) is 0.868. The molecule has 0 spiro atoms. The zero-order chi connectivity index (χ0) is 22.5. The molecular weight excluding hydrogens is 510 g/mol. The van der Waals surface area contributed by atoms with Crippen molar-refractivity contribution in [1.82, 2.24) is 5.32 Å². The number of ether oxygens (including phenoxy) is 1. The molecule has 0 aliphatic heterocycles. The lowest BCUT2D eigenvalue weighted by Gasteiger charge is -2.28. The van der Waals surface area contributed by atoms with Crippen LogP contribution >= 0.6 is 31.9 Å². The largest absolute Gasteiger partial charge is 0.444 e. The topological polar surface area (TPSA) is 63.0 Å². The van der Waals surface area contributed by atoms with E-state index in [4.69, 9.17) is 4.74 Å². The zero-order valence-corrected chi connectivity index (χ0v) is 21.4. The summed E-state index contributed by atoms with van der Waals surface area (Å²) < 4.78 is 7.35. The molecule has 2 aromatic carbocycles. The zero-order valence-electron chi connectivity index (χ0n) is 18.2. The molecule has 0 aliphatic rings. The monoisotopic (exact) mass is 537 g/mol. The maximum absolute atomic E-state index is 12.7. The Morgan fingerprint density at radius 2 is 1.50 bits per heavy atom. The van der Waals surface area contributed by atoms with Crippen molar-refractivity contribution < 1.29 is 9.53 Å². The number of azo groups is 1. The van der Waals surface area contributed by atoms with E-state index in [0.717, 1.165) is 20.1 Å². The minimum Gasteiger partial charge on any atom is -0.444 e. The second-order valence-electron chi connectivity index (χ2n) is 9.07. The minimum atomic E-state index is -0.605. The third-order valence-electron chi connectivity index (χ3n) is 3.86. The first kappa shape index (κ1) is 24.5. The number of hydrogen-bond acceptors (Lipinski definition) is 4. The van der Waals surface area contributed by atoms with Crippen LogP contribution in [0.15, 0.2) is 67.7 Å². The molecule has 0 aliphatic carbocycles. The number of alkyl carbamates (subject to hydrolysis) is 1. The van der Waals surface area contributed by atoms with Gasteiger partial charge in [0.25, 0.3) is 0 Å². The van der Waals surface area contributed by atoms with E-state index in [2.05, 4.69) is 47.4 Å². The number of amides is 1. The highest BCUT2D eigenvalue weighted by Gasteiger charge is 2.29. The summed E-state index contributed by atoms with van der Waals surface area (Å²) in [4.78, 5) is 12.7. The average Bonchev–Trinajstić information content (AvgIpc) is 2.58. The van der Waals surface area contributed by atoms with E-state index in [-0.39, 0.29) is 5.54 Å². The van der Waals surface area contributed by atoms with Crippen LogP contribution < -0.4 is 5.32 Å². The number of nitrogens with zero attached hydrogens (tertiary/aromatic N) is 2. The van der Waals surface area contributed by atoms with Crippen LogP contribution in [0.1, 0.15) is 64.8 Å². The van der Waals surface area contributed by atoms with Gasteiger partial charge in [-0.15, -0.1) is 0 Å². The van der Waals surface area contributed by atoms with Crippen molar-refractivity contribution in [3.63, 3.8) is 0 Å². The first-order chi connectivity index (χ1) is 13.8. The van der Waals surface area contributed by atoms with Crippen LogP contribution in [0.4, 0.5) is 4.79 Å². The number of carbonyl (C=O) groups is 1. The van der Waals surface area contributed by atoms with E-state index in [1.54, 1.807) is 0 Å². The van der Waals surface area contributed by atoms with Gasteiger partial charge in [-0.1, -0.05) is 62.2 Å². The molecule has 30 heavy (non-hydrogen) atoms. The average molecular weight is 539 g/mol. The smallest absolute Gasteiger partial charge is 0.408 e. The van der Waals surface area contributed by atoms with E-state index in [0.29, 0.717) is 0 Å². The maximum atomic E-state index is 12.7. The van der Waals surface area contributed by atoms with Crippen molar-refractivity contribution in [2.24, 2.45) is 10.2 Å². The number of rotatable bonds is 5. The Labute approximate surface area is 196 Å². The molecule has 0 bridgehead atoms. The molecule has 0 saturated heterocycles. The number of benzene rings is 2. The van der Waals surface area contributed by atoms with Gasteiger partial charge in [0, 0.05) is 8.95 Å². The fourth-order valence-electron chi connectivity index (χ4n) is 2.75. The Balaban J connectivity index is 2.56. The molecule has 162 valence electrons. The predicted molar refractivity (Wildman–Crippen MR) is 128 cm³/mol. The second kappa shape index (κ2) is 10.1. The normalized spacial score (nSPS) is 14.4. The van der Waals surface area contributed by atoms with Crippen LogP contribution in [0.5, 0.6) is 0 Å². The number of hydrogen-bond donors (Lipinski definition) is 1. The molecule has 2 aromatic rings. The molecule has 1 amide bonds. The van der Waals surface area contributed by atoms with Crippen LogP contribution in [-0.4, -0.2) is 17.2 Å². The van der Waals surface area contributed by atoms with Gasteiger partial charge in [0.1, 0.15) is 11.6 Å². The highest BCUT2D eigenvalue weighted by Crippen LogP contribution is 2.36. The van der Waals surface area contributed by atoms with Crippen LogP contribution in [0.2, 0.25) is 0 Å². The van der Waals surface area contributed by atoms with Crippen LogP contribution in [0.3, 0.4) is 0 Å². The Kier molecular flexibility index (Phi) is 8.22. The number of halogens is 2. The predicted octanol–water partition coefficient (Wildman–Crippen LogP) is 7.77. The quantitative estimate of drug-likeness (QED) is 0.395. The highest BCUT2D eigenvalue weighted by atomic mass is 79.9. The fraction of sp³-hybridized carbons (Fsp3) is 0.435. The Morgan fingerprint density at radius 1 is 0.933 bits per heavy atom. The summed E-state index contributed by atoms with van der Waals surface area (Å²) in [5, 5.41) is 12.2. The Morgan fingerprint density at radius 3 is 2.00 bits per heavy atom. The van der Waals surface area contributed by atoms with Gasteiger partial charge in [0.2, 0.25) is 0 Å². The second-order valence-corrected chi connectivity index (χ2v) is 10.9. The Hall–Kier alpha value is -1.73. The van der Waals surface area contributed by atoms with Gasteiger partial charge >= 0.3 is 6.09 Å². The molecule has 0 fully saturated rings. The number of carbonyl (C=O) groups excluding carboxylic acids is 1. The first-order valence-electron chi connectivity index (χ1n) is 9.76. The Bertz CT molecular complexity index is 867. The van der Waals surface area contributed by atoms with Crippen molar-refractivity contribution in [2.75, 3.05) is 0 Å². The lowest BCUT2D eigenvalue weighted by molar-refractivity contribution is 0.0495. The number of nitrogens with one attached hydrogen (secondary N) is 1. The molecule has 7 heteroatoms. The third-order valence-corrected chi connectivity index (χ3v) is 4.77. The molecule has 0 saturated carbocycles. The standard InChI is InChI=1S/C23H29Br2N3O2/c1-22(2,3)28-27-20(16-12-17(24)14-18(25)13-16)19(15-10-8-7-9-11-15)26-21(29)30-23(4,5)6/h7-14,19-20H,1-6H3,(H,26,29)/t19-,20+/m1/s1. The molecular formula is C23H29Br2N3O2. The summed E-state index contributed by atoms with van der Waals surface area (Å²) in [6.45, 7) is 11.5. The van der Waals surface area contributed by atoms with Gasteiger partial charge in [0.05, 0.1) is 11.6 Å². The lowest BCUT2D eigenvalue weighted by atomic mass is 9.94. The van der Waals surface area contributed by atoms with Crippen LogP contribution in [0.25, 0.3) is 0 Å². The minimum absolute atomic E-state index is 0.353. The van der Waals surface area contributed by atoms with Crippen molar-refractivity contribution in [1.29, 1.82) is 0 Å². The summed E-state index contributed by atoms with van der Waals surface area (Å²) in [6, 6.07) is 14.8. The van der Waals surface area contributed by atoms with Gasteiger partial charge in [-0.05, 0) is 70.9 Å².